The standard InChI is InChI=1S/C8H13N3O/c9-6-3-7(4-6)10-5-8-1-2-11-12-8/h1-2,6-7,10H,3-5,9H2. The minimum absolute atomic E-state index is 0.400. The molecule has 1 saturated carbocycles. The van der Waals surface area contributed by atoms with Crippen molar-refractivity contribution in [2.45, 2.75) is 31.5 Å². The van der Waals surface area contributed by atoms with Gasteiger partial charge in [0.2, 0.25) is 0 Å². The Morgan fingerprint density at radius 2 is 2.50 bits per heavy atom. The third-order valence-electron chi connectivity index (χ3n) is 2.23. The smallest absolute Gasteiger partial charge is 0.150 e. The molecule has 1 aromatic heterocycles. The van der Waals surface area contributed by atoms with Crippen molar-refractivity contribution < 1.29 is 4.52 Å². The van der Waals surface area contributed by atoms with Gasteiger partial charge in [0.25, 0.3) is 0 Å². The molecule has 0 aromatic carbocycles. The first-order chi connectivity index (χ1) is 5.84. The predicted octanol–water partition coefficient (Wildman–Crippen LogP) is 0.254. The van der Waals surface area contributed by atoms with Crippen molar-refractivity contribution >= 4 is 0 Å². The number of nitrogens with one attached hydrogen (secondary N) is 1. The van der Waals surface area contributed by atoms with Crippen LogP contribution in [0, 0.1) is 0 Å². The van der Waals surface area contributed by atoms with Gasteiger partial charge in [0.1, 0.15) is 5.76 Å². The summed E-state index contributed by atoms with van der Waals surface area (Å²) in [4.78, 5) is 0. The van der Waals surface area contributed by atoms with E-state index in [0.29, 0.717) is 12.1 Å². The maximum absolute atomic E-state index is 5.64. The third-order valence-corrected chi connectivity index (χ3v) is 2.23. The lowest BCUT2D eigenvalue weighted by atomic mass is 9.88. The molecule has 0 atom stereocenters. The summed E-state index contributed by atoms with van der Waals surface area (Å²) in [6, 6.07) is 2.84. The normalized spacial score (nSPS) is 28.4. The average molecular weight is 167 g/mol. The van der Waals surface area contributed by atoms with E-state index in [-0.39, 0.29) is 0 Å². The molecule has 1 fully saturated rings. The Bertz CT molecular complexity index is 228. The van der Waals surface area contributed by atoms with E-state index in [4.69, 9.17) is 10.3 Å². The second-order valence-electron chi connectivity index (χ2n) is 3.29. The number of rotatable bonds is 3. The fourth-order valence-corrected chi connectivity index (χ4v) is 1.41. The summed E-state index contributed by atoms with van der Waals surface area (Å²) in [5.41, 5.74) is 5.64. The molecular weight excluding hydrogens is 154 g/mol. The molecule has 1 aromatic rings. The lowest BCUT2D eigenvalue weighted by molar-refractivity contribution is 0.275. The van der Waals surface area contributed by atoms with Crippen LogP contribution >= 0.6 is 0 Å². The summed E-state index contributed by atoms with van der Waals surface area (Å²) in [5, 5.41) is 6.96. The summed E-state index contributed by atoms with van der Waals surface area (Å²) in [6.07, 6.45) is 3.81. The highest BCUT2D eigenvalue weighted by molar-refractivity contribution is 4.95. The number of nitrogens with two attached hydrogens (primary N) is 1. The van der Waals surface area contributed by atoms with E-state index < -0.39 is 0 Å². The van der Waals surface area contributed by atoms with Crippen LogP contribution in [0.15, 0.2) is 16.8 Å². The van der Waals surface area contributed by atoms with E-state index in [0.717, 1.165) is 25.1 Å². The Morgan fingerprint density at radius 3 is 3.08 bits per heavy atom. The largest absolute Gasteiger partial charge is 0.360 e. The first-order valence-electron chi connectivity index (χ1n) is 4.23. The van der Waals surface area contributed by atoms with Crippen molar-refractivity contribution in [3.05, 3.63) is 18.0 Å². The van der Waals surface area contributed by atoms with E-state index in [2.05, 4.69) is 10.5 Å². The fraction of sp³-hybridized carbons (Fsp3) is 0.625. The maximum Gasteiger partial charge on any atom is 0.150 e. The van der Waals surface area contributed by atoms with Gasteiger partial charge in [-0.3, -0.25) is 0 Å². The van der Waals surface area contributed by atoms with Gasteiger partial charge in [-0.2, -0.15) is 0 Å². The molecule has 66 valence electrons. The first-order valence-corrected chi connectivity index (χ1v) is 4.23. The molecule has 1 aliphatic rings. The van der Waals surface area contributed by atoms with Gasteiger partial charge in [-0.25, -0.2) is 0 Å². The van der Waals surface area contributed by atoms with E-state index in [1.54, 1.807) is 6.20 Å². The Hall–Kier alpha value is -0.870. The Kier molecular flexibility index (Phi) is 2.10. The molecule has 1 aliphatic carbocycles. The molecule has 12 heavy (non-hydrogen) atoms. The lowest BCUT2D eigenvalue weighted by Gasteiger charge is -2.32. The van der Waals surface area contributed by atoms with E-state index in [1.165, 1.54) is 0 Å². The predicted molar refractivity (Wildman–Crippen MR) is 44.3 cm³/mol. The van der Waals surface area contributed by atoms with Crippen LogP contribution in [0.1, 0.15) is 18.6 Å². The van der Waals surface area contributed by atoms with Crippen molar-refractivity contribution in [3.63, 3.8) is 0 Å². The van der Waals surface area contributed by atoms with Gasteiger partial charge in [0.15, 0.2) is 0 Å². The van der Waals surface area contributed by atoms with E-state index in [1.807, 2.05) is 6.07 Å². The molecule has 0 unspecified atom stereocenters. The van der Waals surface area contributed by atoms with Gasteiger partial charge in [0, 0.05) is 18.2 Å². The maximum atomic E-state index is 5.64. The van der Waals surface area contributed by atoms with Crippen LogP contribution in [0.25, 0.3) is 0 Å². The lowest BCUT2D eigenvalue weighted by Crippen LogP contribution is -2.48. The van der Waals surface area contributed by atoms with Gasteiger partial charge >= 0.3 is 0 Å². The molecule has 0 radical (unpaired) electrons. The van der Waals surface area contributed by atoms with E-state index >= 15 is 0 Å². The van der Waals surface area contributed by atoms with Gasteiger partial charge in [-0.15, -0.1) is 0 Å². The first kappa shape index (κ1) is 7.76. The van der Waals surface area contributed by atoms with Crippen LogP contribution in [0.5, 0.6) is 0 Å². The van der Waals surface area contributed by atoms with Gasteiger partial charge in [-0.1, -0.05) is 5.16 Å². The monoisotopic (exact) mass is 167 g/mol. The van der Waals surface area contributed by atoms with Crippen LogP contribution in [0.2, 0.25) is 0 Å². The topological polar surface area (TPSA) is 64.1 Å². The molecule has 1 heterocycles. The van der Waals surface area contributed by atoms with Crippen LogP contribution < -0.4 is 11.1 Å². The Morgan fingerprint density at radius 1 is 1.67 bits per heavy atom. The van der Waals surface area contributed by atoms with E-state index in [9.17, 15) is 0 Å². The van der Waals surface area contributed by atoms with Crippen molar-refractivity contribution in [2.75, 3.05) is 0 Å². The zero-order valence-electron chi connectivity index (χ0n) is 6.86. The van der Waals surface area contributed by atoms with Crippen molar-refractivity contribution in [1.82, 2.24) is 10.5 Å². The molecule has 4 nitrogen and oxygen atoms in total. The van der Waals surface area contributed by atoms with Gasteiger partial charge in [0.05, 0.1) is 12.7 Å². The second-order valence-corrected chi connectivity index (χ2v) is 3.29. The van der Waals surface area contributed by atoms with Crippen molar-refractivity contribution in [1.29, 1.82) is 0 Å². The molecule has 0 saturated heterocycles. The van der Waals surface area contributed by atoms with Crippen molar-refractivity contribution in [2.24, 2.45) is 5.73 Å². The summed E-state index contributed by atoms with van der Waals surface area (Å²) < 4.78 is 4.94. The highest BCUT2D eigenvalue weighted by Crippen LogP contribution is 2.17. The average Bonchev–Trinajstić information content (AvgIpc) is 2.47. The SMILES string of the molecule is NC1CC(NCc2ccno2)C1. The Labute approximate surface area is 71.1 Å². The van der Waals surface area contributed by atoms with Gasteiger partial charge in [-0.05, 0) is 12.8 Å². The summed E-state index contributed by atoms with van der Waals surface area (Å²) >= 11 is 0. The van der Waals surface area contributed by atoms with Gasteiger partial charge < -0.3 is 15.6 Å². The highest BCUT2D eigenvalue weighted by atomic mass is 16.5. The highest BCUT2D eigenvalue weighted by Gasteiger charge is 2.25. The fourth-order valence-electron chi connectivity index (χ4n) is 1.41. The number of aromatic nitrogens is 1. The number of hydrogen-bond donors (Lipinski definition) is 2. The molecule has 3 N–H and O–H groups in total. The second kappa shape index (κ2) is 3.25. The third kappa shape index (κ3) is 1.65. The zero-order chi connectivity index (χ0) is 8.39. The minimum atomic E-state index is 0.400. The molecule has 0 bridgehead atoms. The number of nitrogens with zero attached hydrogens (tertiary/aromatic N) is 1. The quantitative estimate of drug-likeness (QED) is 0.677. The Balaban J connectivity index is 1.70. The zero-order valence-corrected chi connectivity index (χ0v) is 6.86. The summed E-state index contributed by atoms with van der Waals surface area (Å²) in [5.74, 6) is 0.885. The molecule has 0 amide bonds. The minimum Gasteiger partial charge on any atom is -0.360 e. The van der Waals surface area contributed by atoms with Crippen molar-refractivity contribution in [3.8, 4) is 0 Å². The van der Waals surface area contributed by atoms with Crippen LogP contribution in [0.4, 0.5) is 0 Å². The molecule has 4 heteroatoms. The molecular formula is C8H13N3O. The summed E-state index contributed by atoms with van der Waals surface area (Å²) in [7, 11) is 0. The number of hydrogen-bond acceptors (Lipinski definition) is 4. The summed E-state index contributed by atoms with van der Waals surface area (Å²) in [6.45, 7) is 0.761. The van der Waals surface area contributed by atoms with Crippen LogP contribution in [-0.4, -0.2) is 17.2 Å². The van der Waals surface area contributed by atoms with Crippen LogP contribution in [-0.2, 0) is 6.54 Å². The molecule has 0 spiro atoms. The molecule has 0 aliphatic heterocycles. The molecule has 2 rings (SSSR count). The van der Waals surface area contributed by atoms with Crippen LogP contribution in [0.3, 0.4) is 0 Å².